The number of benzene rings is 1. The van der Waals surface area contributed by atoms with Gasteiger partial charge in [0.25, 0.3) is 0 Å². The maximum atomic E-state index is 11.3. The highest BCUT2D eigenvalue weighted by molar-refractivity contribution is 5.94. The van der Waals surface area contributed by atoms with Crippen molar-refractivity contribution in [2.75, 3.05) is 18.0 Å². The summed E-state index contributed by atoms with van der Waals surface area (Å²) < 4.78 is 0. The van der Waals surface area contributed by atoms with E-state index in [1.165, 1.54) is 12.8 Å². The van der Waals surface area contributed by atoms with E-state index in [0.717, 1.165) is 30.8 Å². The molecule has 3 nitrogen and oxygen atoms in total. The van der Waals surface area contributed by atoms with Gasteiger partial charge in [0.1, 0.15) is 0 Å². The van der Waals surface area contributed by atoms with Crippen molar-refractivity contribution in [3.8, 4) is 0 Å². The van der Waals surface area contributed by atoms with Crippen LogP contribution in [0.4, 0.5) is 5.69 Å². The first-order chi connectivity index (χ1) is 8.61. The Hall–Kier alpha value is -1.51. The van der Waals surface area contributed by atoms with Crippen LogP contribution < -0.4 is 4.90 Å². The Morgan fingerprint density at radius 2 is 2.28 bits per heavy atom. The summed E-state index contributed by atoms with van der Waals surface area (Å²) in [7, 11) is 0. The Balaban J connectivity index is 2.29. The van der Waals surface area contributed by atoms with Crippen LogP contribution >= 0.6 is 0 Å². The minimum absolute atomic E-state index is 0.437. The lowest BCUT2D eigenvalue weighted by molar-refractivity contribution is 0.0697. The van der Waals surface area contributed by atoms with E-state index in [1.54, 1.807) is 6.07 Å². The first kappa shape index (κ1) is 12.9. The highest BCUT2D eigenvalue weighted by Crippen LogP contribution is 2.28. The summed E-state index contributed by atoms with van der Waals surface area (Å²) in [5, 5.41) is 9.32. The predicted octanol–water partition coefficient (Wildman–Crippen LogP) is 3.32. The molecule has 2 rings (SSSR count). The summed E-state index contributed by atoms with van der Waals surface area (Å²) in [6.45, 7) is 6.10. The molecule has 1 aromatic carbocycles. The summed E-state index contributed by atoms with van der Waals surface area (Å²) >= 11 is 0. The molecule has 1 unspecified atom stereocenters. The fourth-order valence-electron chi connectivity index (χ4n) is 2.71. The number of hydrogen-bond acceptors (Lipinski definition) is 2. The van der Waals surface area contributed by atoms with Crippen molar-refractivity contribution in [2.24, 2.45) is 5.92 Å². The van der Waals surface area contributed by atoms with E-state index >= 15 is 0 Å². The zero-order chi connectivity index (χ0) is 13.1. The Morgan fingerprint density at radius 1 is 1.50 bits per heavy atom. The first-order valence-corrected chi connectivity index (χ1v) is 6.70. The topological polar surface area (TPSA) is 40.5 Å². The van der Waals surface area contributed by atoms with Crippen molar-refractivity contribution in [1.82, 2.24) is 0 Å². The summed E-state index contributed by atoms with van der Waals surface area (Å²) in [4.78, 5) is 13.6. The van der Waals surface area contributed by atoms with Crippen LogP contribution in [0, 0.1) is 12.8 Å². The average Bonchev–Trinajstić information content (AvgIpc) is 2.38. The molecule has 1 aromatic rings. The molecule has 0 aromatic heterocycles. The van der Waals surface area contributed by atoms with Gasteiger partial charge in [-0.1, -0.05) is 25.0 Å². The van der Waals surface area contributed by atoms with Gasteiger partial charge in [0, 0.05) is 13.1 Å². The van der Waals surface area contributed by atoms with Gasteiger partial charge in [-0.15, -0.1) is 0 Å². The minimum atomic E-state index is -0.827. The molecule has 1 fully saturated rings. The molecule has 0 spiro atoms. The number of hydrogen-bond donors (Lipinski definition) is 1. The standard InChI is InChI=1S/C15H21NO2/c1-3-12-5-4-8-16(10-12)14-7-6-11(2)9-13(14)15(17)18/h6-7,9,12H,3-5,8,10H2,1-2H3,(H,17,18). The average molecular weight is 247 g/mol. The van der Waals surface area contributed by atoms with Crippen molar-refractivity contribution in [3.05, 3.63) is 29.3 Å². The predicted molar refractivity (Wildman–Crippen MR) is 73.4 cm³/mol. The quantitative estimate of drug-likeness (QED) is 0.890. The molecule has 0 saturated carbocycles. The molecular weight excluding hydrogens is 226 g/mol. The van der Waals surface area contributed by atoms with Crippen LogP contribution in [-0.2, 0) is 0 Å². The zero-order valence-corrected chi connectivity index (χ0v) is 11.1. The van der Waals surface area contributed by atoms with E-state index in [2.05, 4.69) is 11.8 Å². The van der Waals surface area contributed by atoms with Gasteiger partial charge < -0.3 is 10.0 Å². The number of nitrogens with zero attached hydrogens (tertiary/aromatic N) is 1. The van der Waals surface area contributed by atoms with Crippen LogP contribution in [-0.4, -0.2) is 24.2 Å². The Morgan fingerprint density at radius 3 is 2.94 bits per heavy atom. The number of carboxylic acid groups (broad SMARTS) is 1. The lowest BCUT2D eigenvalue weighted by Crippen LogP contribution is -2.36. The highest BCUT2D eigenvalue weighted by Gasteiger charge is 2.22. The first-order valence-electron chi connectivity index (χ1n) is 6.70. The molecule has 1 aliphatic rings. The Labute approximate surface area is 108 Å². The van der Waals surface area contributed by atoms with E-state index in [-0.39, 0.29) is 0 Å². The molecule has 1 aliphatic heterocycles. The molecule has 0 amide bonds. The number of rotatable bonds is 3. The third-order valence-corrected chi connectivity index (χ3v) is 3.82. The smallest absolute Gasteiger partial charge is 0.337 e. The van der Waals surface area contributed by atoms with Crippen LogP contribution in [0.15, 0.2) is 18.2 Å². The fraction of sp³-hybridized carbons (Fsp3) is 0.533. The third-order valence-electron chi connectivity index (χ3n) is 3.82. The van der Waals surface area contributed by atoms with Gasteiger partial charge in [0.2, 0.25) is 0 Å². The molecule has 0 radical (unpaired) electrons. The number of carbonyl (C=O) groups is 1. The van der Waals surface area contributed by atoms with Crippen molar-refractivity contribution >= 4 is 11.7 Å². The zero-order valence-electron chi connectivity index (χ0n) is 11.1. The second-order valence-corrected chi connectivity index (χ2v) is 5.19. The van der Waals surface area contributed by atoms with E-state index in [4.69, 9.17) is 0 Å². The Bertz CT molecular complexity index is 442. The van der Waals surface area contributed by atoms with Gasteiger partial charge in [-0.2, -0.15) is 0 Å². The van der Waals surface area contributed by atoms with Crippen LogP contribution in [0.25, 0.3) is 0 Å². The van der Waals surface area contributed by atoms with Gasteiger partial charge in [0.15, 0.2) is 0 Å². The molecule has 1 saturated heterocycles. The Kier molecular flexibility index (Phi) is 3.90. The van der Waals surface area contributed by atoms with Gasteiger partial charge >= 0.3 is 5.97 Å². The molecule has 3 heteroatoms. The van der Waals surface area contributed by atoms with E-state index < -0.39 is 5.97 Å². The van der Waals surface area contributed by atoms with Crippen molar-refractivity contribution in [1.29, 1.82) is 0 Å². The second-order valence-electron chi connectivity index (χ2n) is 5.19. The summed E-state index contributed by atoms with van der Waals surface area (Å²) in [6.07, 6.45) is 3.59. The lowest BCUT2D eigenvalue weighted by atomic mass is 9.94. The van der Waals surface area contributed by atoms with Gasteiger partial charge in [-0.05, 0) is 37.8 Å². The molecule has 18 heavy (non-hydrogen) atoms. The summed E-state index contributed by atoms with van der Waals surface area (Å²) in [6, 6.07) is 5.72. The maximum absolute atomic E-state index is 11.3. The SMILES string of the molecule is CCC1CCCN(c2ccc(C)cc2C(=O)O)C1. The monoisotopic (exact) mass is 247 g/mol. The van der Waals surface area contributed by atoms with Gasteiger partial charge in [-0.25, -0.2) is 4.79 Å². The molecule has 1 N–H and O–H groups in total. The number of anilines is 1. The van der Waals surface area contributed by atoms with E-state index in [1.807, 2.05) is 19.1 Å². The van der Waals surface area contributed by atoms with Crippen LogP contribution in [0.2, 0.25) is 0 Å². The fourth-order valence-corrected chi connectivity index (χ4v) is 2.71. The molecule has 98 valence electrons. The lowest BCUT2D eigenvalue weighted by Gasteiger charge is -2.34. The summed E-state index contributed by atoms with van der Waals surface area (Å²) in [5.41, 5.74) is 2.32. The van der Waals surface area contributed by atoms with E-state index in [0.29, 0.717) is 11.5 Å². The normalized spacial score (nSPS) is 19.9. The number of carboxylic acids is 1. The van der Waals surface area contributed by atoms with Crippen LogP contribution in [0.5, 0.6) is 0 Å². The van der Waals surface area contributed by atoms with Gasteiger partial charge in [0.05, 0.1) is 11.3 Å². The number of aromatic carboxylic acids is 1. The van der Waals surface area contributed by atoms with E-state index in [9.17, 15) is 9.90 Å². The third kappa shape index (κ3) is 2.66. The second kappa shape index (κ2) is 5.42. The maximum Gasteiger partial charge on any atom is 0.337 e. The molecule has 1 heterocycles. The van der Waals surface area contributed by atoms with Crippen molar-refractivity contribution < 1.29 is 9.90 Å². The highest BCUT2D eigenvalue weighted by atomic mass is 16.4. The number of aryl methyl sites for hydroxylation is 1. The van der Waals surface area contributed by atoms with Gasteiger partial charge in [-0.3, -0.25) is 0 Å². The molecule has 0 bridgehead atoms. The van der Waals surface area contributed by atoms with Crippen LogP contribution in [0.3, 0.4) is 0 Å². The molecule has 1 atom stereocenters. The molecular formula is C15H21NO2. The van der Waals surface area contributed by atoms with Crippen LogP contribution in [0.1, 0.15) is 42.1 Å². The number of piperidine rings is 1. The summed E-state index contributed by atoms with van der Waals surface area (Å²) in [5.74, 6) is -0.131. The minimum Gasteiger partial charge on any atom is -0.478 e. The molecule has 0 aliphatic carbocycles. The van der Waals surface area contributed by atoms with Crippen molar-refractivity contribution in [3.63, 3.8) is 0 Å². The largest absolute Gasteiger partial charge is 0.478 e. The van der Waals surface area contributed by atoms with Crippen molar-refractivity contribution in [2.45, 2.75) is 33.1 Å².